The number of rotatable bonds is 6. The molecule has 4 nitrogen and oxygen atoms in total. The fraction of sp³-hybridized carbons (Fsp3) is 0.818. The number of nitrogens with one attached hydrogen (secondary N) is 1. The SMILES string of the molecule is C=CCCNC1(CN)CCCC1S(C)(=O)=O. The molecule has 16 heavy (non-hydrogen) atoms. The van der Waals surface area contributed by atoms with E-state index in [-0.39, 0.29) is 5.25 Å². The van der Waals surface area contributed by atoms with Gasteiger partial charge in [-0.2, -0.15) is 0 Å². The maximum atomic E-state index is 11.7. The molecule has 1 aliphatic rings. The van der Waals surface area contributed by atoms with Crippen LogP contribution in [0.15, 0.2) is 12.7 Å². The van der Waals surface area contributed by atoms with Crippen LogP contribution in [0.4, 0.5) is 0 Å². The molecule has 0 radical (unpaired) electrons. The fourth-order valence-electron chi connectivity index (χ4n) is 2.60. The van der Waals surface area contributed by atoms with Crippen LogP contribution in [0, 0.1) is 0 Å². The Morgan fingerprint density at radius 1 is 1.62 bits per heavy atom. The first-order valence-electron chi connectivity index (χ1n) is 5.71. The van der Waals surface area contributed by atoms with Crippen molar-refractivity contribution in [2.45, 2.75) is 36.5 Å². The molecular weight excluding hydrogens is 224 g/mol. The lowest BCUT2D eigenvalue weighted by molar-refractivity contribution is 0.344. The van der Waals surface area contributed by atoms with E-state index >= 15 is 0 Å². The van der Waals surface area contributed by atoms with E-state index < -0.39 is 15.4 Å². The molecule has 3 N–H and O–H groups in total. The van der Waals surface area contributed by atoms with Crippen LogP contribution < -0.4 is 11.1 Å². The predicted octanol–water partition coefficient (Wildman–Crippen LogP) is 0.447. The summed E-state index contributed by atoms with van der Waals surface area (Å²) in [5.74, 6) is 0. The van der Waals surface area contributed by atoms with Gasteiger partial charge in [-0.1, -0.05) is 12.5 Å². The van der Waals surface area contributed by atoms with Crippen molar-refractivity contribution in [3.8, 4) is 0 Å². The Bertz CT molecular complexity index is 340. The van der Waals surface area contributed by atoms with Gasteiger partial charge in [-0.25, -0.2) is 8.42 Å². The summed E-state index contributed by atoms with van der Waals surface area (Å²) in [5, 5.41) is 2.99. The first-order chi connectivity index (χ1) is 7.46. The second-order valence-corrected chi connectivity index (χ2v) is 6.80. The summed E-state index contributed by atoms with van der Waals surface area (Å²) in [6.07, 6.45) is 6.45. The van der Waals surface area contributed by atoms with Gasteiger partial charge in [0, 0.05) is 18.3 Å². The van der Waals surface area contributed by atoms with Crippen molar-refractivity contribution in [3.05, 3.63) is 12.7 Å². The van der Waals surface area contributed by atoms with Crippen LogP contribution in [0.3, 0.4) is 0 Å². The summed E-state index contributed by atoms with van der Waals surface area (Å²) in [6, 6.07) is 0. The second-order valence-electron chi connectivity index (χ2n) is 4.57. The highest BCUT2D eigenvalue weighted by Gasteiger charge is 2.46. The molecule has 1 saturated carbocycles. The van der Waals surface area contributed by atoms with Crippen LogP contribution in [-0.2, 0) is 9.84 Å². The largest absolute Gasteiger partial charge is 0.329 e. The smallest absolute Gasteiger partial charge is 0.152 e. The third-order valence-electron chi connectivity index (χ3n) is 3.41. The first kappa shape index (κ1) is 13.7. The van der Waals surface area contributed by atoms with E-state index in [2.05, 4.69) is 11.9 Å². The average molecular weight is 246 g/mol. The average Bonchev–Trinajstić information content (AvgIpc) is 2.62. The third-order valence-corrected chi connectivity index (χ3v) is 5.13. The summed E-state index contributed by atoms with van der Waals surface area (Å²) in [7, 11) is -3.03. The number of sulfone groups is 1. The Morgan fingerprint density at radius 2 is 2.31 bits per heavy atom. The van der Waals surface area contributed by atoms with Gasteiger partial charge in [0.2, 0.25) is 0 Å². The van der Waals surface area contributed by atoms with Crippen molar-refractivity contribution in [1.29, 1.82) is 0 Å². The van der Waals surface area contributed by atoms with Crippen molar-refractivity contribution >= 4 is 9.84 Å². The fourth-order valence-corrected chi connectivity index (χ4v) is 4.31. The molecule has 0 aromatic heterocycles. The van der Waals surface area contributed by atoms with Gasteiger partial charge >= 0.3 is 0 Å². The van der Waals surface area contributed by atoms with Gasteiger partial charge in [0.25, 0.3) is 0 Å². The minimum atomic E-state index is -3.03. The molecule has 0 saturated heterocycles. The third kappa shape index (κ3) is 2.84. The standard InChI is InChI=1S/C11H22N2O2S/c1-3-4-8-13-11(9-12)7-5-6-10(11)16(2,14)15/h3,10,13H,1,4-9,12H2,2H3. The van der Waals surface area contributed by atoms with E-state index in [1.807, 2.05) is 6.08 Å². The van der Waals surface area contributed by atoms with Gasteiger partial charge < -0.3 is 11.1 Å². The van der Waals surface area contributed by atoms with Gasteiger partial charge in [0.15, 0.2) is 9.84 Å². The van der Waals surface area contributed by atoms with Gasteiger partial charge in [-0.15, -0.1) is 6.58 Å². The summed E-state index contributed by atoms with van der Waals surface area (Å²) in [6.45, 7) is 4.77. The van der Waals surface area contributed by atoms with Gasteiger partial charge in [-0.3, -0.25) is 0 Å². The summed E-state index contributed by atoms with van der Waals surface area (Å²) in [4.78, 5) is 0. The van der Waals surface area contributed by atoms with Crippen LogP contribution in [0.1, 0.15) is 25.7 Å². The Morgan fingerprint density at radius 3 is 2.81 bits per heavy atom. The lowest BCUT2D eigenvalue weighted by atomic mass is 9.97. The van der Waals surface area contributed by atoms with Gasteiger partial charge in [-0.05, 0) is 25.8 Å². The van der Waals surface area contributed by atoms with E-state index in [0.29, 0.717) is 6.54 Å². The van der Waals surface area contributed by atoms with E-state index in [1.165, 1.54) is 6.26 Å². The van der Waals surface area contributed by atoms with Crippen LogP contribution in [0.25, 0.3) is 0 Å². The lowest BCUT2D eigenvalue weighted by Gasteiger charge is -2.34. The second kappa shape index (κ2) is 5.29. The molecule has 1 rings (SSSR count). The molecule has 0 heterocycles. The maximum absolute atomic E-state index is 11.7. The highest BCUT2D eigenvalue weighted by molar-refractivity contribution is 7.91. The zero-order valence-electron chi connectivity index (χ0n) is 9.91. The Labute approximate surface area is 98.2 Å². The molecule has 5 heteroatoms. The molecule has 0 bridgehead atoms. The zero-order valence-corrected chi connectivity index (χ0v) is 10.7. The van der Waals surface area contributed by atoms with E-state index in [0.717, 1.165) is 32.2 Å². The minimum absolute atomic E-state index is 0.338. The van der Waals surface area contributed by atoms with Crippen LogP contribution in [0.5, 0.6) is 0 Å². The number of hydrogen-bond acceptors (Lipinski definition) is 4. The van der Waals surface area contributed by atoms with Crippen molar-refractivity contribution in [2.24, 2.45) is 5.73 Å². The molecule has 1 aliphatic carbocycles. The lowest BCUT2D eigenvalue weighted by Crippen LogP contribution is -2.58. The summed E-state index contributed by atoms with van der Waals surface area (Å²) >= 11 is 0. The first-order valence-corrected chi connectivity index (χ1v) is 7.66. The number of nitrogens with two attached hydrogens (primary N) is 1. The summed E-state index contributed by atoms with van der Waals surface area (Å²) in [5.41, 5.74) is 5.37. The van der Waals surface area contributed by atoms with Crippen molar-refractivity contribution < 1.29 is 8.42 Å². The normalized spacial score (nSPS) is 30.5. The Hall–Kier alpha value is -0.390. The van der Waals surface area contributed by atoms with Gasteiger partial charge in [0.05, 0.1) is 5.25 Å². The zero-order chi connectivity index (χ0) is 12.2. The molecule has 0 aliphatic heterocycles. The molecule has 94 valence electrons. The van der Waals surface area contributed by atoms with E-state index in [4.69, 9.17) is 5.73 Å². The summed E-state index contributed by atoms with van der Waals surface area (Å²) < 4.78 is 23.5. The molecule has 0 aromatic carbocycles. The molecular formula is C11H22N2O2S. The highest BCUT2D eigenvalue weighted by atomic mass is 32.2. The molecule has 0 amide bonds. The highest BCUT2D eigenvalue weighted by Crippen LogP contribution is 2.34. The molecule has 1 fully saturated rings. The molecule has 2 atom stereocenters. The Kier molecular flexibility index (Phi) is 4.52. The van der Waals surface area contributed by atoms with Crippen LogP contribution >= 0.6 is 0 Å². The van der Waals surface area contributed by atoms with Crippen molar-refractivity contribution in [1.82, 2.24) is 5.32 Å². The minimum Gasteiger partial charge on any atom is -0.329 e. The Balaban J connectivity index is 2.80. The van der Waals surface area contributed by atoms with E-state index in [9.17, 15) is 8.42 Å². The monoisotopic (exact) mass is 246 g/mol. The number of hydrogen-bond donors (Lipinski definition) is 2. The quantitative estimate of drug-likeness (QED) is 0.527. The van der Waals surface area contributed by atoms with Gasteiger partial charge in [0.1, 0.15) is 0 Å². The van der Waals surface area contributed by atoms with Crippen LogP contribution in [0.2, 0.25) is 0 Å². The molecule has 0 spiro atoms. The van der Waals surface area contributed by atoms with Crippen LogP contribution in [-0.4, -0.2) is 38.6 Å². The topological polar surface area (TPSA) is 72.2 Å². The van der Waals surface area contributed by atoms with Crippen molar-refractivity contribution in [3.63, 3.8) is 0 Å². The predicted molar refractivity (Wildman–Crippen MR) is 67.1 cm³/mol. The molecule has 0 aromatic rings. The van der Waals surface area contributed by atoms with E-state index in [1.54, 1.807) is 0 Å². The molecule has 2 unspecified atom stereocenters. The maximum Gasteiger partial charge on any atom is 0.152 e. The van der Waals surface area contributed by atoms with Crippen molar-refractivity contribution in [2.75, 3.05) is 19.3 Å².